The lowest BCUT2D eigenvalue weighted by molar-refractivity contribution is -0.144. The number of nitrogens with zero attached hydrogens (tertiary/aromatic N) is 2. The predicted octanol–water partition coefficient (Wildman–Crippen LogP) is 10.3. The van der Waals surface area contributed by atoms with E-state index < -0.39 is 11.5 Å². The topological polar surface area (TPSA) is 93.6 Å². The van der Waals surface area contributed by atoms with Crippen LogP contribution in [-0.2, 0) is 29.7 Å². The van der Waals surface area contributed by atoms with Gasteiger partial charge in [-0.3, -0.25) is 9.97 Å². The highest BCUT2D eigenvalue weighted by Crippen LogP contribution is 2.57. The van der Waals surface area contributed by atoms with E-state index in [1.54, 1.807) is 12.1 Å². The van der Waals surface area contributed by atoms with Gasteiger partial charge in [-0.2, -0.15) is 0 Å². The van der Waals surface area contributed by atoms with Crippen molar-refractivity contribution in [2.24, 2.45) is 11.8 Å². The maximum Gasteiger partial charge on any atom is 0.329 e. The molecule has 8 heteroatoms. The largest absolute Gasteiger partial charge is 0.493 e. The van der Waals surface area contributed by atoms with Crippen LogP contribution >= 0.6 is 11.6 Å². The minimum atomic E-state index is -1.08. The molecule has 0 aliphatic heterocycles. The smallest absolute Gasteiger partial charge is 0.329 e. The van der Waals surface area contributed by atoms with Crippen molar-refractivity contribution in [2.45, 2.75) is 95.1 Å². The Bertz CT molecular complexity index is 2130. The molecule has 1 saturated carbocycles. The van der Waals surface area contributed by atoms with Crippen LogP contribution in [0.15, 0.2) is 91.3 Å². The average molecular weight is 730 g/mol. The normalized spacial score (nSPS) is 24.0. The average Bonchev–Trinajstić information content (AvgIpc) is 3.45. The van der Waals surface area contributed by atoms with Crippen LogP contribution in [0.1, 0.15) is 92.7 Å². The summed E-state index contributed by atoms with van der Waals surface area (Å²) in [5.41, 5.74) is 6.59. The zero-order chi connectivity index (χ0) is 36.6. The van der Waals surface area contributed by atoms with Gasteiger partial charge in [-0.05, 0) is 141 Å². The molecule has 0 saturated heterocycles. The molecular weight excluding hydrogens is 682 g/mol. The number of hydrogen-bond acceptors (Lipinski definition) is 6. The van der Waals surface area contributed by atoms with Crippen LogP contribution in [0.4, 0.5) is 5.69 Å². The second kappa shape index (κ2) is 14.7. The molecule has 0 radical (unpaired) electrons. The van der Waals surface area contributed by atoms with Crippen molar-refractivity contribution < 1.29 is 19.4 Å². The number of nitrogens with one attached hydrogen (secondary N) is 1. The number of carboxylic acids is 1. The number of aliphatic carboxylic acids is 1. The summed E-state index contributed by atoms with van der Waals surface area (Å²) in [4.78, 5) is 22.3. The van der Waals surface area contributed by atoms with E-state index >= 15 is 0 Å². The molecule has 2 N–H and O–H groups in total. The third-order valence-corrected chi connectivity index (χ3v) is 12.6. The van der Waals surface area contributed by atoms with E-state index in [1.807, 2.05) is 48.8 Å². The molecule has 274 valence electrons. The molecule has 1 spiro atoms. The summed E-state index contributed by atoms with van der Waals surface area (Å²) in [6.07, 6.45) is 11.6. The number of rotatable bonds is 11. The lowest BCUT2D eigenvalue weighted by Gasteiger charge is -2.47. The number of aryl methyl sites for hydroxylation is 1. The molecule has 2 aromatic heterocycles. The van der Waals surface area contributed by atoms with Crippen molar-refractivity contribution in [1.29, 1.82) is 0 Å². The first kappa shape index (κ1) is 35.4. The zero-order valence-electron chi connectivity index (χ0n) is 30.6. The van der Waals surface area contributed by atoms with Gasteiger partial charge in [0.1, 0.15) is 23.6 Å². The van der Waals surface area contributed by atoms with Crippen LogP contribution in [0.25, 0.3) is 10.9 Å². The van der Waals surface area contributed by atoms with Crippen LogP contribution < -0.4 is 14.8 Å². The van der Waals surface area contributed by atoms with Crippen molar-refractivity contribution in [3.8, 4) is 11.5 Å². The van der Waals surface area contributed by atoms with E-state index in [4.69, 9.17) is 21.1 Å². The van der Waals surface area contributed by atoms with Gasteiger partial charge < -0.3 is 19.9 Å². The summed E-state index contributed by atoms with van der Waals surface area (Å²) in [7, 11) is 0. The zero-order valence-corrected chi connectivity index (χ0v) is 31.4. The van der Waals surface area contributed by atoms with Gasteiger partial charge in [-0.25, -0.2) is 4.79 Å². The Hall–Kier alpha value is -4.62. The number of para-hydroxylation sites is 1. The molecule has 3 aliphatic rings. The summed E-state index contributed by atoms with van der Waals surface area (Å²) in [5, 5.41) is 15.8. The predicted molar refractivity (Wildman–Crippen MR) is 210 cm³/mol. The highest BCUT2D eigenvalue weighted by Gasteiger charge is 2.54. The first-order valence-corrected chi connectivity index (χ1v) is 19.6. The molecule has 3 aromatic carbocycles. The van der Waals surface area contributed by atoms with Crippen LogP contribution in [0.5, 0.6) is 11.5 Å². The van der Waals surface area contributed by atoms with Gasteiger partial charge in [-0.1, -0.05) is 55.8 Å². The van der Waals surface area contributed by atoms with Gasteiger partial charge in [0.05, 0.1) is 12.1 Å². The fourth-order valence-electron chi connectivity index (χ4n) is 9.53. The quantitative estimate of drug-likeness (QED) is 0.140. The summed E-state index contributed by atoms with van der Waals surface area (Å²) in [6.45, 7) is 5.64. The van der Waals surface area contributed by atoms with Crippen molar-refractivity contribution in [3.05, 3.63) is 124 Å². The van der Waals surface area contributed by atoms with E-state index in [0.29, 0.717) is 48.8 Å². The van der Waals surface area contributed by atoms with Crippen LogP contribution in [0.2, 0.25) is 5.02 Å². The number of aromatic nitrogens is 2. The Kier molecular flexibility index (Phi) is 9.80. The molecule has 8 rings (SSSR count). The number of anilines is 1. The summed E-state index contributed by atoms with van der Waals surface area (Å²) in [6, 6.07) is 26.2. The Labute approximate surface area is 317 Å². The van der Waals surface area contributed by atoms with Gasteiger partial charge in [-0.15, -0.1) is 0 Å². The van der Waals surface area contributed by atoms with Gasteiger partial charge in [0.15, 0.2) is 0 Å². The molecule has 1 fully saturated rings. The minimum absolute atomic E-state index is 0.174. The third kappa shape index (κ3) is 7.08. The summed E-state index contributed by atoms with van der Waals surface area (Å²) >= 11 is 6.31. The van der Waals surface area contributed by atoms with Crippen molar-refractivity contribution in [3.63, 3.8) is 0 Å². The van der Waals surface area contributed by atoms with Crippen LogP contribution in [0.3, 0.4) is 0 Å². The van der Waals surface area contributed by atoms with E-state index in [9.17, 15) is 9.90 Å². The number of halogens is 1. The van der Waals surface area contributed by atoms with E-state index in [0.717, 1.165) is 65.8 Å². The Morgan fingerprint density at radius 3 is 2.68 bits per heavy atom. The maximum atomic E-state index is 13.0. The Morgan fingerprint density at radius 1 is 1.00 bits per heavy atom. The van der Waals surface area contributed by atoms with Gasteiger partial charge in [0, 0.05) is 45.3 Å². The molecule has 53 heavy (non-hydrogen) atoms. The lowest BCUT2D eigenvalue weighted by Crippen LogP contribution is -2.53. The molecule has 5 aromatic rings. The maximum absolute atomic E-state index is 13.0. The number of pyridine rings is 2. The molecule has 7 nitrogen and oxygen atoms in total. The van der Waals surface area contributed by atoms with Crippen LogP contribution in [0, 0.1) is 11.8 Å². The fraction of sp³-hybridized carbons (Fsp3) is 0.400. The van der Waals surface area contributed by atoms with Crippen molar-refractivity contribution >= 4 is 34.2 Å². The van der Waals surface area contributed by atoms with E-state index in [2.05, 4.69) is 59.5 Å². The van der Waals surface area contributed by atoms with Gasteiger partial charge in [0.25, 0.3) is 0 Å². The van der Waals surface area contributed by atoms with Crippen molar-refractivity contribution in [2.75, 3.05) is 11.9 Å². The van der Waals surface area contributed by atoms with E-state index in [-0.39, 0.29) is 5.41 Å². The second-order valence-electron chi connectivity index (χ2n) is 15.8. The number of carbonyl (C=O) groups is 1. The monoisotopic (exact) mass is 729 g/mol. The fourth-order valence-corrected chi connectivity index (χ4v) is 9.72. The standard InChI is InChI=1S/C45H48ClN3O4/c1-29(27-53-41-15-20-47-40-12-5-7-30(2)42(40)41)21-34-23-32-13-14-37(52-28-31-22-33-8-3-4-11-39(33)48-26-31)25-38(32)44(34)16-18-45(19-17-44,43(50)51)49-36-10-6-9-35(46)24-36/h3-4,6,8-11,13-15,20,22,24-26,29-30,34,49H,5,7,12,16-19,21,23,27-28H2,1-2H3,(H,50,51)/t29-,30-,34+,44?,45?/m1/s1. The van der Waals surface area contributed by atoms with Gasteiger partial charge >= 0.3 is 5.97 Å². The molecule has 3 atom stereocenters. The number of hydrogen-bond donors (Lipinski definition) is 2. The molecule has 2 heterocycles. The number of fused-ring (bicyclic) bond motifs is 4. The molecule has 0 bridgehead atoms. The molecule has 3 aliphatic carbocycles. The number of ether oxygens (including phenoxy) is 2. The molecule has 0 amide bonds. The SMILES string of the molecule is C[C@@H](COc1ccnc2c1[C@H](C)CCC2)C[C@H]1Cc2ccc(OCc3cnc4ccccc4c3)cc2C12CCC(Nc1cccc(Cl)c1)(C(=O)O)CC2. The number of benzene rings is 3. The number of carboxylic acid groups (broad SMARTS) is 1. The molecule has 0 unspecified atom stereocenters. The third-order valence-electron chi connectivity index (χ3n) is 12.3. The Morgan fingerprint density at radius 2 is 1.85 bits per heavy atom. The van der Waals surface area contributed by atoms with Gasteiger partial charge in [0.2, 0.25) is 0 Å². The highest BCUT2D eigenvalue weighted by atomic mass is 35.5. The molecular formula is C45H48ClN3O4. The lowest BCUT2D eigenvalue weighted by atomic mass is 9.59. The first-order valence-electron chi connectivity index (χ1n) is 19.2. The summed E-state index contributed by atoms with van der Waals surface area (Å²) in [5.74, 6) is 2.10. The first-order chi connectivity index (χ1) is 25.7. The minimum Gasteiger partial charge on any atom is -0.493 e. The summed E-state index contributed by atoms with van der Waals surface area (Å²) < 4.78 is 13.0. The second-order valence-corrected chi connectivity index (χ2v) is 16.3. The van der Waals surface area contributed by atoms with Crippen molar-refractivity contribution in [1.82, 2.24) is 9.97 Å². The Balaban J connectivity index is 1.04. The highest BCUT2D eigenvalue weighted by molar-refractivity contribution is 6.30. The van der Waals surface area contributed by atoms with E-state index in [1.165, 1.54) is 35.2 Å². The van der Waals surface area contributed by atoms with Crippen LogP contribution in [-0.4, -0.2) is 33.2 Å².